The number of ether oxygens (including phenoxy) is 2. The van der Waals surface area contributed by atoms with E-state index in [2.05, 4.69) is 65.1 Å². The molecule has 0 atom stereocenters. The van der Waals surface area contributed by atoms with Crippen LogP contribution in [0.4, 0.5) is 0 Å². The van der Waals surface area contributed by atoms with E-state index in [1.807, 2.05) is 6.07 Å². The number of nitrogens with zero attached hydrogens (tertiary/aromatic N) is 2. The van der Waals surface area contributed by atoms with Gasteiger partial charge in [-0.2, -0.15) is 0 Å². The highest BCUT2D eigenvalue weighted by Gasteiger charge is 2.08. The van der Waals surface area contributed by atoms with Crippen LogP contribution in [-0.2, 0) is 13.0 Å². The molecule has 4 heteroatoms. The first-order chi connectivity index (χ1) is 15.2. The van der Waals surface area contributed by atoms with Gasteiger partial charge in [-0.3, -0.25) is 0 Å². The van der Waals surface area contributed by atoms with Gasteiger partial charge >= 0.3 is 0 Å². The third-order valence-electron chi connectivity index (χ3n) is 5.84. The Morgan fingerprint density at radius 2 is 1.74 bits per heavy atom. The highest BCUT2D eigenvalue weighted by Crippen LogP contribution is 2.27. The van der Waals surface area contributed by atoms with Crippen molar-refractivity contribution in [3.63, 3.8) is 0 Å². The zero-order valence-electron chi connectivity index (χ0n) is 19.3. The van der Waals surface area contributed by atoms with Crippen LogP contribution in [-0.4, -0.2) is 57.2 Å². The molecule has 0 N–H and O–H groups in total. The molecule has 31 heavy (non-hydrogen) atoms. The van der Waals surface area contributed by atoms with Crippen molar-refractivity contribution in [3.05, 3.63) is 59.2 Å². The standard InChI is InChI=1S/C27H36N2O2/c1-28(19-15-24-13-14-26(30-2)27(21-24)31-3)22-25-12-9-11-23(20-25)10-5-8-18-29-16-6-4-7-17-29/h9,11-14,20-21H,4,6-8,15-19,22H2,1-3H3. The predicted molar refractivity (Wildman–Crippen MR) is 128 cm³/mol. The lowest BCUT2D eigenvalue weighted by atomic mass is 10.1. The zero-order chi connectivity index (χ0) is 21.9. The Morgan fingerprint density at radius 1 is 0.935 bits per heavy atom. The lowest BCUT2D eigenvalue weighted by Crippen LogP contribution is -2.30. The quantitative estimate of drug-likeness (QED) is 0.553. The molecule has 0 aromatic heterocycles. The second-order valence-corrected chi connectivity index (χ2v) is 8.33. The summed E-state index contributed by atoms with van der Waals surface area (Å²) >= 11 is 0. The minimum Gasteiger partial charge on any atom is -0.493 e. The topological polar surface area (TPSA) is 24.9 Å². The molecular weight excluding hydrogens is 384 g/mol. The smallest absolute Gasteiger partial charge is 0.160 e. The maximum atomic E-state index is 5.41. The predicted octanol–water partition coefficient (Wildman–Crippen LogP) is 4.61. The number of methoxy groups -OCH3 is 2. The van der Waals surface area contributed by atoms with E-state index in [-0.39, 0.29) is 0 Å². The largest absolute Gasteiger partial charge is 0.493 e. The van der Waals surface area contributed by atoms with Gasteiger partial charge in [-0.15, -0.1) is 0 Å². The summed E-state index contributed by atoms with van der Waals surface area (Å²) in [7, 11) is 5.51. The summed E-state index contributed by atoms with van der Waals surface area (Å²) in [5, 5.41) is 0. The van der Waals surface area contributed by atoms with Crippen molar-refractivity contribution in [2.45, 2.75) is 38.6 Å². The lowest BCUT2D eigenvalue weighted by Gasteiger charge is -2.25. The normalized spacial score (nSPS) is 14.2. The Labute approximate surface area is 188 Å². The molecule has 1 saturated heterocycles. The molecule has 0 amide bonds. The van der Waals surface area contributed by atoms with Crippen LogP contribution < -0.4 is 9.47 Å². The maximum Gasteiger partial charge on any atom is 0.160 e. The number of hydrogen-bond donors (Lipinski definition) is 0. The Bertz CT molecular complexity index is 878. The summed E-state index contributed by atoms with van der Waals surface area (Å²) in [6, 6.07) is 14.8. The summed E-state index contributed by atoms with van der Waals surface area (Å²) in [6.07, 6.45) is 5.99. The Kier molecular flexibility index (Phi) is 9.27. The van der Waals surface area contributed by atoms with Crippen LogP contribution in [0.3, 0.4) is 0 Å². The van der Waals surface area contributed by atoms with E-state index < -0.39 is 0 Å². The third kappa shape index (κ3) is 7.61. The van der Waals surface area contributed by atoms with Crippen LogP contribution in [0.2, 0.25) is 0 Å². The maximum absolute atomic E-state index is 5.41. The van der Waals surface area contributed by atoms with Crippen molar-refractivity contribution in [3.8, 4) is 23.3 Å². The SMILES string of the molecule is COc1ccc(CCN(C)Cc2cccc(C#CCCN3CCCCC3)c2)cc1OC. The van der Waals surface area contributed by atoms with Gasteiger partial charge in [-0.25, -0.2) is 0 Å². The molecule has 1 heterocycles. The number of likely N-dealkylation sites (tertiary alicyclic amines) is 1. The highest BCUT2D eigenvalue weighted by atomic mass is 16.5. The van der Waals surface area contributed by atoms with Crippen LogP contribution in [0.1, 0.15) is 42.4 Å². The third-order valence-corrected chi connectivity index (χ3v) is 5.84. The fraction of sp³-hybridized carbons (Fsp3) is 0.481. The first-order valence-corrected chi connectivity index (χ1v) is 11.4. The van der Waals surface area contributed by atoms with E-state index >= 15 is 0 Å². The number of hydrogen-bond acceptors (Lipinski definition) is 4. The lowest BCUT2D eigenvalue weighted by molar-refractivity contribution is 0.234. The monoisotopic (exact) mass is 420 g/mol. The minimum absolute atomic E-state index is 0.772. The average Bonchev–Trinajstić information content (AvgIpc) is 2.81. The fourth-order valence-electron chi connectivity index (χ4n) is 4.06. The van der Waals surface area contributed by atoms with Crippen molar-refractivity contribution < 1.29 is 9.47 Å². The van der Waals surface area contributed by atoms with E-state index in [1.165, 1.54) is 43.5 Å². The molecule has 2 aromatic carbocycles. The van der Waals surface area contributed by atoms with Crippen LogP contribution in [0.25, 0.3) is 0 Å². The summed E-state index contributed by atoms with van der Waals surface area (Å²) in [6.45, 7) is 5.48. The van der Waals surface area contributed by atoms with Gasteiger partial charge in [0.1, 0.15) is 0 Å². The molecule has 1 aliphatic heterocycles. The van der Waals surface area contributed by atoms with Gasteiger partial charge < -0.3 is 19.3 Å². The molecule has 1 fully saturated rings. The van der Waals surface area contributed by atoms with Gasteiger partial charge in [0.15, 0.2) is 11.5 Å². The molecule has 0 aliphatic carbocycles. The summed E-state index contributed by atoms with van der Waals surface area (Å²) in [4.78, 5) is 4.89. The molecule has 0 unspecified atom stereocenters. The van der Waals surface area contributed by atoms with Crippen LogP contribution in [0.5, 0.6) is 11.5 Å². The molecular formula is C27H36N2O2. The second-order valence-electron chi connectivity index (χ2n) is 8.33. The minimum atomic E-state index is 0.772. The molecule has 2 aromatic rings. The van der Waals surface area contributed by atoms with Gasteiger partial charge in [-0.1, -0.05) is 36.5 Å². The first kappa shape index (κ1) is 23.2. The van der Waals surface area contributed by atoms with Gasteiger partial charge in [0, 0.05) is 31.6 Å². The second kappa shape index (κ2) is 12.4. The van der Waals surface area contributed by atoms with E-state index in [0.29, 0.717) is 0 Å². The molecule has 166 valence electrons. The van der Waals surface area contributed by atoms with Crippen LogP contribution >= 0.6 is 0 Å². The van der Waals surface area contributed by atoms with Gasteiger partial charge in [0.25, 0.3) is 0 Å². The van der Waals surface area contributed by atoms with Gasteiger partial charge in [0.05, 0.1) is 14.2 Å². The van der Waals surface area contributed by atoms with Crippen LogP contribution in [0, 0.1) is 11.8 Å². The van der Waals surface area contributed by atoms with Crippen molar-refractivity contribution in [2.24, 2.45) is 0 Å². The van der Waals surface area contributed by atoms with Crippen molar-refractivity contribution in [1.82, 2.24) is 9.80 Å². The zero-order valence-corrected chi connectivity index (χ0v) is 19.3. The number of piperidine rings is 1. The van der Waals surface area contributed by atoms with Crippen LogP contribution in [0.15, 0.2) is 42.5 Å². The number of rotatable bonds is 9. The Balaban J connectivity index is 1.47. The molecule has 0 spiro atoms. The molecule has 4 nitrogen and oxygen atoms in total. The Hall–Kier alpha value is -2.48. The molecule has 0 saturated carbocycles. The van der Waals surface area contributed by atoms with Gasteiger partial charge in [0.2, 0.25) is 0 Å². The molecule has 1 aliphatic rings. The van der Waals surface area contributed by atoms with Gasteiger partial charge in [-0.05, 0) is 74.8 Å². The fourth-order valence-corrected chi connectivity index (χ4v) is 4.06. The van der Waals surface area contributed by atoms with Crippen molar-refractivity contribution >= 4 is 0 Å². The summed E-state index contributed by atoms with van der Waals surface area (Å²) in [5.74, 6) is 8.29. The summed E-state index contributed by atoms with van der Waals surface area (Å²) < 4.78 is 10.7. The van der Waals surface area contributed by atoms with E-state index in [0.717, 1.165) is 49.5 Å². The average molecular weight is 421 g/mol. The molecule has 3 rings (SSSR count). The molecule has 0 radical (unpaired) electrons. The summed E-state index contributed by atoms with van der Waals surface area (Å²) in [5.41, 5.74) is 3.67. The van der Waals surface area contributed by atoms with E-state index in [9.17, 15) is 0 Å². The Morgan fingerprint density at radius 3 is 2.52 bits per heavy atom. The van der Waals surface area contributed by atoms with E-state index in [1.54, 1.807) is 14.2 Å². The highest BCUT2D eigenvalue weighted by molar-refractivity contribution is 5.43. The first-order valence-electron chi connectivity index (χ1n) is 11.4. The van der Waals surface area contributed by atoms with E-state index in [4.69, 9.17) is 9.47 Å². The van der Waals surface area contributed by atoms with Crippen molar-refractivity contribution in [2.75, 3.05) is 47.4 Å². The molecule has 0 bridgehead atoms. The number of likely N-dealkylation sites (N-methyl/N-ethyl adjacent to an activating group) is 1. The number of benzene rings is 2. The van der Waals surface area contributed by atoms with Crippen molar-refractivity contribution in [1.29, 1.82) is 0 Å².